The number of fused-ring (bicyclic) bond motifs is 6. The maximum atomic E-state index is 5.99. The lowest BCUT2D eigenvalue weighted by molar-refractivity contribution is -0.711. The third kappa shape index (κ3) is 8.64. The normalized spacial score (nSPS) is 27.0. The molecule has 4 heteroatoms. The van der Waals surface area contributed by atoms with Gasteiger partial charge in [-0.1, -0.05) is 114 Å². The first kappa shape index (κ1) is 40.5. The van der Waals surface area contributed by atoms with E-state index >= 15 is 0 Å². The fraction of sp³-hybridized carbons (Fsp3) is 0.580. The summed E-state index contributed by atoms with van der Waals surface area (Å²) in [5, 5.41) is 1.65. The minimum absolute atomic E-state index is 0.177. The van der Waals surface area contributed by atoms with Crippen molar-refractivity contribution >= 4 is 24.7 Å². The highest BCUT2D eigenvalue weighted by Crippen LogP contribution is 2.46. The van der Waals surface area contributed by atoms with E-state index in [9.17, 15) is 0 Å². The average molecular weight is 744 g/mol. The molecule has 4 unspecified atom stereocenters. The SMILES string of the molecule is C=C1C/[N+](C(C)C)=C(/C=C/C)CC(/C=C\C)(/N=C(\C=C/C)C(C)C2CCCC2)CCC2c3ccccc3-c3cc(CC4CCCC4)c([Si](C)(C)C)c[n+]3C12. The molecule has 6 rings (SSSR count). The van der Waals surface area contributed by atoms with Crippen LogP contribution in [-0.4, -0.2) is 42.2 Å². The smallest absolute Gasteiger partial charge is 0.213 e. The molecule has 0 N–H and O–H groups in total. The van der Waals surface area contributed by atoms with Crippen LogP contribution in [0.2, 0.25) is 19.6 Å². The Morgan fingerprint density at radius 3 is 2.30 bits per heavy atom. The van der Waals surface area contributed by atoms with Crippen LogP contribution in [0.3, 0.4) is 0 Å². The number of hydrogen-bond donors (Lipinski definition) is 0. The first-order chi connectivity index (χ1) is 25.9. The van der Waals surface area contributed by atoms with E-state index < -0.39 is 8.07 Å². The lowest BCUT2D eigenvalue weighted by Gasteiger charge is -2.37. The lowest BCUT2D eigenvalue weighted by Crippen LogP contribution is -2.55. The molecule has 4 atom stereocenters. The van der Waals surface area contributed by atoms with E-state index in [4.69, 9.17) is 11.6 Å². The second-order valence-electron chi connectivity index (χ2n) is 18.8. The largest absolute Gasteiger partial charge is 0.278 e. The molecule has 2 aliphatic carbocycles. The van der Waals surface area contributed by atoms with Gasteiger partial charge in [0, 0.05) is 34.5 Å². The Labute approximate surface area is 331 Å². The highest BCUT2D eigenvalue weighted by Gasteiger charge is 2.47. The first-order valence-corrected chi connectivity index (χ1v) is 25.4. The van der Waals surface area contributed by atoms with Crippen molar-refractivity contribution < 1.29 is 9.14 Å². The molecule has 0 saturated heterocycles. The molecular weight excluding hydrogens is 671 g/mol. The topological polar surface area (TPSA) is 19.2 Å². The molecule has 4 aliphatic rings. The van der Waals surface area contributed by atoms with Gasteiger partial charge in [-0.3, -0.25) is 4.99 Å². The Morgan fingerprint density at radius 1 is 0.944 bits per heavy atom. The van der Waals surface area contributed by atoms with E-state index in [0.717, 1.165) is 37.6 Å². The van der Waals surface area contributed by atoms with Crippen LogP contribution in [0.15, 0.2) is 90.1 Å². The summed E-state index contributed by atoms with van der Waals surface area (Å²) in [5.41, 5.74) is 9.57. The minimum Gasteiger partial charge on any atom is -0.278 e. The second kappa shape index (κ2) is 17.4. The van der Waals surface area contributed by atoms with Gasteiger partial charge in [0.2, 0.25) is 5.69 Å². The van der Waals surface area contributed by atoms with E-state index in [0.29, 0.717) is 17.9 Å². The van der Waals surface area contributed by atoms with Gasteiger partial charge < -0.3 is 0 Å². The van der Waals surface area contributed by atoms with Crippen LogP contribution < -0.4 is 9.75 Å². The van der Waals surface area contributed by atoms with Gasteiger partial charge in [-0.2, -0.15) is 4.57 Å². The lowest BCUT2D eigenvalue weighted by atomic mass is 9.74. The number of aliphatic imine (C=N–C) groups is 1. The number of nitrogens with zero attached hydrogens (tertiary/aromatic N) is 3. The van der Waals surface area contributed by atoms with Crippen LogP contribution in [-0.2, 0) is 6.42 Å². The Morgan fingerprint density at radius 2 is 1.65 bits per heavy atom. The molecule has 2 saturated carbocycles. The van der Waals surface area contributed by atoms with Crippen LogP contribution in [0.1, 0.15) is 135 Å². The Bertz CT molecular complexity index is 1800. The summed E-state index contributed by atoms with van der Waals surface area (Å²) in [7, 11) is -1.66. The molecule has 0 amide bonds. The van der Waals surface area contributed by atoms with Gasteiger partial charge in [0.25, 0.3) is 0 Å². The fourth-order valence-corrected chi connectivity index (χ4v) is 12.5. The molecule has 1 aromatic carbocycles. The summed E-state index contributed by atoms with van der Waals surface area (Å²) in [4.78, 5) is 5.99. The van der Waals surface area contributed by atoms with Gasteiger partial charge in [0.05, 0.1) is 31.5 Å². The third-order valence-corrected chi connectivity index (χ3v) is 15.6. The van der Waals surface area contributed by atoms with Gasteiger partial charge in [-0.05, 0) is 102 Å². The molecule has 0 radical (unpaired) electrons. The summed E-state index contributed by atoms with van der Waals surface area (Å²) in [5.74, 6) is 2.31. The van der Waals surface area contributed by atoms with Crippen molar-refractivity contribution in [3.05, 3.63) is 96.3 Å². The molecule has 3 heterocycles. The molecule has 2 aliphatic heterocycles. The molecule has 0 bridgehead atoms. The monoisotopic (exact) mass is 744 g/mol. The van der Waals surface area contributed by atoms with Crippen molar-refractivity contribution in [2.24, 2.45) is 22.7 Å². The maximum absolute atomic E-state index is 5.99. The zero-order chi connectivity index (χ0) is 38.6. The number of rotatable bonds is 10. The van der Waals surface area contributed by atoms with E-state index in [-0.39, 0.29) is 11.6 Å². The van der Waals surface area contributed by atoms with Crippen LogP contribution in [0.4, 0.5) is 0 Å². The Kier molecular flexibility index (Phi) is 13.0. The molecule has 2 fully saturated rings. The summed E-state index contributed by atoms with van der Waals surface area (Å²) < 4.78 is 5.38. The first-order valence-electron chi connectivity index (χ1n) is 21.9. The molecular formula is C50H73N3Si+2. The highest BCUT2D eigenvalue weighted by molar-refractivity contribution is 6.89. The predicted molar refractivity (Wildman–Crippen MR) is 236 cm³/mol. The number of benzene rings is 1. The standard InChI is InChI=1S/C50H73N3Si/c1-11-20-42-33-50(29-13-3,51-46(21-12-2)38(7)40-24-16-17-25-40)30-28-45-43-26-18-19-27-44(43)47-32-41(31-39-22-14-15-23-39)48(54(8,9)10)35-53(47)49(45)37(6)34-52(42)36(4)5/h11-13,18-21,26-27,29,32,35-36,38-40,45,49H,6,14-17,22-25,28,30-31,33-34H2,1-5,7-10H3/q+2/b20-11+,21-12-,29-13-,51-46+,52-42+. The summed E-state index contributed by atoms with van der Waals surface area (Å²) in [6, 6.07) is 12.6. The van der Waals surface area contributed by atoms with Crippen LogP contribution >= 0.6 is 0 Å². The van der Waals surface area contributed by atoms with Gasteiger partial charge >= 0.3 is 0 Å². The van der Waals surface area contributed by atoms with Gasteiger partial charge in [-0.15, -0.1) is 0 Å². The van der Waals surface area contributed by atoms with Gasteiger partial charge in [0.15, 0.2) is 24.5 Å². The molecule has 2 aromatic rings. The zero-order valence-electron chi connectivity index (χ0n) is 35.6. The van der Waals surface area contributed by atoms with Crippen LogP contribution in [0, 0.1) is 17.8 Å². The number of aromatic nitrogens is 1. The average Bonchev–Trinajstić information content (AvgIpc) is 3.87. The predicted octanol–water partition coefficient (Wildman–Crippen LogP) is 11.9. The number of pyridine rings is 1. The Hall–Kier alpha value is -3.11. The quantitative estimate of drug-likeness (QED) is 0.0999. The number of allylic oxidation sites excluding steroid dienone is 5. The van der Waals surface area contributed by atoms with Crippen molar-refractivity contribution in [1.82, 2.24) is 0 Å². The summed E-state index contributed by atoms with van der Waals surface area (Å²) in [6.45, 7) is 27.3. The van der Waals surface area contributed by atoms with Crippen molar-refractivity contribution in [3.8, 4) is 11.3 Å². The van der Waals surface area contributed by atoms with E-state index in [1.807, 2.05) is 0 Å². The fourth-order valence-electron chi connectivity index (χ4n) is 10.8. The van der Waals surface area contributed by atoms with Crippen molar-refractivity contribution in [2.75, 3.05) is 6.54 Å². The summed E-state index contributed by atoms with van der Waals surface area (Å²) >= 11 is 0. The van der Waals surface area contributed by atoms with Gasteiger partial charge in [0.1, 0.15) is 6.04 Å². The highest BCUT2D eigenvalue weighted by atomic mass is 28.3. The minimum atomic E-state index is -1.66. The van der Waals surface area contributed by atoms with Crippen LogP contribution in [0.25, 0.3) is 11.3 Å². The zero-order valence-corrected chi connectivity index (χ0v) is 36.6. The van der Waals surface area contributed by atoms with Gasteiger partial charge in [-0.25, -0.2) is 4.58 Å². The molecule has 1 aromatic heterocycles. The molecule has 3 nitrogen and oxygen atoms in total. The van der Waals surface area contributed by atoms with Crippen molar-refractivity contribution in [2.45, 2.75) is 162 Å². The number of hydrogen-bond acceptors (Lipinski definition) is 1. The maximum Gasteiger partial charge on any atom is 0.213 e. The van der Waals surface area contributed by atoms with Crippen molar-refractivity contribution in [1.29, 1.82) is 0 Å². The summed E-state index contributed by atoms with van der Waals surface area (Å²) in [6.07, 6.45) is 31.7. The second-order valence-corrected chi connectivity index (χ2v) is 23.8. The molecule has 54 heavy (non-hydrogen) atoms. The van der Waals surface area contributed by atoms with Crippen LogP contribution in [0.5, 0.6) is 0 Å². The van der Waals surface area contributed by atoms with E-state index in [2.05, 4.69) is 143 Å². The van der Waals surface area contributed by atoms with E-state index in [1.54, 1.807) is 10.8 Å². The third-order valence-electron chi connectivity index (χ3n) is 13.6. The van der Waals surface area contributed by atoms with Crippen molar-refractivity contribution in [3.63, 3.8) is 0 Å². The molecule has 0 spiro atoms. The molecule has 290 valence electrons. The van der Waals surface area contributed by atoms with E-state index in [1.165, 1.54) is 91.6 Å². The Balaban J connectivity index is 1.57.